The maximum atomic E-state index is 13.2. The molecule has 2 N–H and O–H groups in total. The van der Waals surface area contributed by atoms with E-state index >= 15 is 0 Å². The zero-order chi connectivity index (χ0) is 21.6. The van der Waals surface area contributed by atoms with Crippen molar-refractivity contribution in [1.82, 2.24) is 14.9 Å². The average Bonchev–Trinajstić information content (AvgIpc) is 3.20. The lowest BCUT2D eigenvalue weighted by atomic mass is 9.94. The number of nitrogens with zero attached hydrogens (tertiary/aromatic N) is 2. The Morgan fingerprint density at radius 3 is 2.87 bits per heavy atom. The molecule has 5 rings (SSSR count). The van der Waals surface area contributed by atoms with Crippen LogP contribution in [0.4, 0.5) is 19.0 Å². The second kappa shape index (κ2) is 7.72. The third-order valence-corrected chi connectivity index (χ3v) is 5.94. The number of alkyl halides is 3. The average molecular weight is 432 g/mol. The molecule has 0 aliphatic carbocycles. The molecule has 0 radical (unpaired) electrons. The predicted octanol–water partition coefficient (Wildman–Crippen LogP) is 4.22. The maximum absolute atomic E-state index is 13.2. The molecule has 1 fully saturated rings. The summed E-state index contributed by atoms with van der Waals surface area (Å²) >= 11 is 0. The summed E-state index contributed by atoms with van der Waals surface area (Å²) in [6.45, 7) is 4.66. The molecule has 0 spiro atoms. The summed E-state index contributed by atoms with van der Waals surface area (Å²) in [7, 11) is 0. The first-order chi connectivity index (χ1) is 14.9. The molecule has 0 saturated carbocycles. The summed E-state index contributed by atoms with van der Waals surface area (Å²) in [5.74, 6) is 1.19. The minimum absolute atomic E-state index is 0.0145. The highest BCUT2D eigenvalue weighted by Crippen LogP contribution is 2.39. The van der Waals surface area contributed by atoms with Gasteiger partial charge < -0.3 is 19.8 Å². The molecule has 31 heavy (non-hydrogen) atoms. The van der Waals surface area contributed by atoms with Gasteiger partial charge in [0.15, 0.2) is 0 Å². The van der Waals surface area contributed by atoms with Crippen LogP contribution in [0.1, 0.15) is 24.2 Å². The van der Waals surface area contributed by atoms with Gasteiger partial charge in [0.05, 0.1) is 30.3 Å². The van der Waals surface area contributed by atoms with E-state index in [0.717, 1.165) is 30.5 Å². The molecule has 4 heterocycles. The number of rotatable bonds is 3. The summed E-state index contributed by atoms with van der Waals surface area (Å²) in [6, 6.07) is 10.2. The number of aromatic amines is 1. The SMILES string of the molecule is C[C@@H]1CN(C2COc3ccccc3[C@@H]2Nc2nccc3[nH]c(C(F)(F)F)cc23)CCO1. The molecule has 3 atom stereocenters. The van der Waals surface area contributed by atoms with E-state index in [0.29, 0.717) is 29.9 Å². The van der Waals surface area contributed by atoms with Crippen LogP contribution in [0, 0.1) is 0 Å². The molecule has 9 heteroatoms. The van der Waals surface area contributed by atoms with Gasteiger partial charge in [-0.25, -0.2) is 4.98 Å². The van der Waals surface area contributed by atoms with Crippen LogP contribution in [-0.4, -0.2) is 53.3 Å². The summed E-state index contributed by atoms with van der Waals surface area (Å²) in [5, 5.41) is 3.86. The fraction of sp³-hybridized carbons (Fsp3) is 0.409. The Hall–Kier alpha value is -2.78. The molecule has 3 aromatic rings. The van der Waals surface area contributed by atoms with Crippen molar-refractivity contribution in [3.8, 4) is 5.75 Å². The first-order valence-electron chi connectivity index (χ1n) is 10.3. The van der Waals surface area contributed by atoms with Gasteiger partial charge in [-0.05, 0) is 25.1 Å². The van der Waals surface area contributed by atoms with Crippen molar-refractivity contribution in [3.63, 3.8) is 0 Å². The third kappa shape index (κ3) is 3.83. The van der Waals surface area contributed by atoms with E-state index in [1.807, 2.05) is 31.2 Å². The minimum atomic E-state index is -4.45. The van der Waals surface area contributed by atoms with E-state index in [9.17, 15) is 13.2 Å². The van der Waals surface area contributed by atoms with Crippen LogP contribution < -0.4 is 10.1 Å². The predicted molar refractivity (Wildman–Crippen MR) is 110 cm³/mol. The smallest absolute Gasteiger partial charge is 0.431 e. The number of fused-ring (bicyclic) bond motifs is 2. The molecule has 1 aromatic carbocycles. The van der Waals surface area contributed by atoms with E-state index in [-0.39, 0.29) is 18.2 Å². The van der Waals surface area contributed by atoms with Crippen LogP contribution in [0.15, 0.2) is 42.6 Å². The number of para-hydroxylation sites is 1. The van der Waals surface area contributed by atoms with Crippen LogP contribution in [-0.2, 0) is 10.9 Å². The first kappa shape index (κ1) is 20.1. The third-order valence-electron chi connectivity index (χ3n) is 5.94. The number of H-pyrrole nitrogens is 1. The highest BCUT2D eigenvalue weighted by atomic mass is 19.4. The van der Waals surface area contributed by atoms with E-state index in [1.54, 1.807) is 6.07 Å². The number of hydrogen-bond donors (Lipinski definition) is 2. The second-order valence-corrected chi connectivity index (χ2v) is 8.02. The van der Waals surface area contributed by atoms with Crippen molar-refractivity contribution in [2.45, 2.75) is 31.3 Å². The van der Waals surface area contributed by atoms with E-state index in [1.165, 1.54) is 6.20 Å². The van der Waals surface area contributed by atoms with Crippen molar-refractivity contribution in [2.75, 3.05) is 31.6 Å². The number of morpholine rings is 1. The van der Waals surface area contributed by atoms with Gasteiger partial charge in [0.25, 0.3) is 0 Å². The first-order valence-corrected chi connectivity index (χ1v) is 10.3. The fourth-order valence-corrected chi connectivity index (χ4v) is 4.45. The molecular formula is C22H23F3N4O2. The Labute approximate surface area is 177 Å². The fourth-order valence-electron chi connectivity index (χ4n) is 4.45. The number of anilines is 1. The summed E-state index contributed by atoms with van der Waals surface area (Å²) in [4.78, 5) is 9.16. The van der Waals surface area contributed by atoms with Crippen LogP contribution in [0.3, 0.4) is 0 Å². The molecule has 2 aliphatic rings. The molecular weight excluding hydrogens is 409 g/mol. The quantitative estimate of drug-likeness (QED) is 0.649. The lowest BCUT2D eigenvalue weighted by molar-refractivity contribution is -0.140. The van der Waals surface area contributed by atoms with Gasteiger partial charge in [-0.1, -0.05) is 18.2 Å². The van der Waals surface area contributed by atoms with Crippen molar-refractivity contribution in [1.29, 1.82) is 0 Å². The topological polar surface area (TPSA) is 62.4 Å². The normalized spacial score (nSPS) is 24.6. The molecule has 164 valence electrons. The number of benzene rings is 1. The van der Waals surface area contributed by atoms with E-state index in [2.05, 4.69) is 20.2 Å². The number of aromatic nitrogens is 2. The second-order valence-electron chi connectivity index (χ2n) is 8.02. The van der Waals surface area contributed by atoms with Crippen LogP contribution in [0.2, 0.25) is 0 Å². The summed E-state index contributed by atoms with van der Waals surface area (Å²) in [5.41, 5.74) is 0.564. The molecule has 0 bridgehead atoms. The molecule has 2 aromatic heterocycles. The summed E-state index contributed by atoms with van der Waals surface area (Å²) in [6.07, 6.45) is -2.83. The monoisotopic (exact) mass is 432 g/mol. The molecule has 2 aliphatic heterocycles. The lowest BCUT2D eigenvalue weighted by Gasteiger charge is -2.43. The Bertz CT molecular complexity index is 1080. The standard InChI is InChI=1S/C22H23F3N4O2/c1-13-11-29(8-9-30-13)17-12-31-18-5-3-2-4-14(18)20(17)28-21-15-10-19(22(23,24)25)27-16(15)6-7-26-21/h2-7,10,13,17,20,27H,8-9,11-12H2,1H3,(H,26,28)/t13-,17?,20+/m1/s1. The zero-order valence-electron chi connectivity index (χ0n) is 16.9. The Morgan fingerprint density at radius 1 is 1.23 bits per heavy atom. The van der Waals surface area contributed by atoms with Gasteiger partial charge in [0.1, 0.15) is 23.9 Å². The van der Waals surface area contributed by atoms with Gasteiger partial charge in [-0.15, -0.1) is 0 Å². The van der Waals surface area contributed by atoms with Gasteiger partial charge in [0, 0.05) is 30.2 Å². The molecule has 1 unspecified atom stereocenters. The number of pyridine rings is 1. The van der Waals surface area contributed by atoms with Crippen molar-refractivity contribution in [2.24, 2.45) is 0 Å². The maximum Gasteiger partial charge on any atom is 0.431 e. The highest BCUT2D eigenvalue weighted by molar-refractivity contribution is 5.90. The van der Waals surface area contributed by atoms with Crippen molar-refractivity contribution in [3.05, 3.63) is 53.9 Å². The lowest BCUT2D eigenvalue weighted by Crippen LogP contribution is -2.54. The van der Waals surface area contributed by atoms with E-state index in [4.69, 9.17) is 9.47 Å². The van der Waals surface area contributed by atoms with Crippen LogP contribution >= 0.6 is 0 Å². The number of hydrogen-bond acceptors (Lipinski definition) is 5. The minimum Gasteiger partial charge on any atom is -0.491 e. The molecule has 6 nitrogen and oxygen atoms in total. The van der Waals surface area contributed by atoms with Crippen molar-refractivity contribution >= 4 is 16.7 Å². The van der Waals surface area contributed by atoms with Gasteiger partial charge >= 0.3 is 6.18 Å². The van der Waals surface area contributed by atoms with Gasteiger partial charge in [-0.2, -0.15) is 13.2 Å². The molecule has 1 saturated heterocycles. The number of ether oxygens (including phenoxy) is 2. The van der Waals surface area contributed by atoms with Crippen LogP contribution in [0.25, 0.3) is 10.9 Å². The zero-order valence-corrected chi connectivity index (χ0v) is 16.9. The molecule has 0 amide bonds. The Kier molecular flexibility index (Phi) is 5.02. The Morgan fingerprint density at radius 2 is 2.06 bits per heavy atom. The summed E-state index contributed by atoms with van der Waals surface area (Å²) < 4.78 is 51.5. The van der Waals surface area contributed by atoms with Gasteiger partial charge in [0.2, 0.25) is 0 Å². The largest absolute Gasteiger partial charge is 0.491 e. The van der Waals surface area contributed by atoms with Gasteiger partial charge in [-0.3, -0.25) is 4.90 Å². The van der Waals surface area contributed by atoms with Crippen molar-refractivity contribution < 1.29 is 22.6 Å². The number of halogens is 3. The number of nitrogens with one attached hydrogen (secondary N) is 2. The highest BCUT2D eigenvalue weighted by Gasteiger charge is 2.38. The van der Waals surface area contributed by atoms with Crippen LogP contribution in [0.5, 0.6) is 5.75 Å². The van der Waals surface area contributed by atoms with E-state index < -0.39 is 11.9 Å². The Balaban J connectivity index is 1.54.